The molecule has 17 heavy (non-hydrogen) atoms. The summed E-state index contributed by atoms with van der Waals surface area (Å²) < 4.78 is 26.5. The van der Waals surface area contributed by atoms with Gasteiger partial charge < -0.3 is 5.32 Å². The minimum atomic E-state index is -0.652. The Morgan fingerprint density at radius 2 is 1.94 bits per heavy atom. The smallest absolute Gasteiger partial charge is 0.151 e. The number of hydrogen-bond acceptors (Lipinski definition) is 2. The van der Waals surface area contributed by atoms with E-state index in [1.54, 1.807) is 0 Å². The van der Waals surface area contributed by atoms with E-state index >= 15 is 0 Å². The maximum atomic E-state index is 13.3. The Morgan fingerprint density at radius 3 is 2.53 bits per heavy atom. The summed E-state index contributed by atoms with van der Waals surface area (Å²) in [6, 6.07) is 3.64. The van der Waals surface area contributed by atoms with Gasteiger partial charge in [-0.05, 0) is 37.4 Å². The minimum Gasteiger partial charge on any atom is -0.310 e. The molecule has 1 aromatic rings. The van der Waals surface area contributed by atoms with Crippen molar-refractivity contribution in [3.63, 3.8) is 0 Å². The molecule has 1 N–H and O–H groups in total. The molecule has 1 aromatic carbocycles. The van der Waals surface area contributed by atoms with E-state index < -0.39 is 11.6 Å². The summed E-state index contributed by atoms with van der Waals surface area (Å²) in [6.45, 7) is 1.01. The Morgan fingerprint density at radius 1 is 1.29 bits per heavy atom. The molecular weight excluding hydrogens is 224 g/mol. The molecular formula is C13H15F2NO. The second-order valence-corrected chi connectivity index (χ2v) is 4.49. The van der Waals surface area contributed by atoms with Gasteiger partial charge in [0.25, 0.3) is 0 Å². The maximum absolute atomic E-state index is 13.3. The van der Waals surface area contributed by atoms with Gasteiger partial charge in [-0.1, -0.05) is 6.07 Å². The van der Waals surface area contributed by atoms with Crippen LogP contribution >= 0.6 is 0 Å². The van der Waals surface area contributed by atoms with Gasteiger partial charge in [0, 0.05) is 12.0 Å². The van der Waals surface area contributed by atoms with E-state index in [0.717, 1.165) is 6.54 Å². The fourth-order valence-corrected chi connectivity index (χ4v) is 1.70. The van der Waals surface area contributed by atoms with Crippen LogP contribution in [0.4, 0.5) is 8.78 Å². The lowest BCUT2D eigenvalue weighted by atomic mass is 10.1. The number of halogens is 2. The zero-order chi connectivity index (χ0) is 12.3. The molecule has 92 valence electrons. The number of ketones is 1. The van der Waals surface area contributed by atoms with Crippen molar-refractivity contribution >= 4 is 5.78 Å². The number of nitrogens with one attached hydrogen (secondary N) is 1. The zero-order valence-electron chi connectivity index (χ0n) is 9.51. The van der Waals surface area contributed by atoms with E-state index in [-0.39, 0.29) is 24.3 Å². The second kappa shape index (κ2) is 5.36. The molecule has 0 atom stereocenters. The van der Waals surface area contributed by atoms with Crippen LogP contribution in [-0.2, 0) is 11.2 Å². The fraction of sp³-hybridized carbons (Fsp3) is 0.462. The number of carbonyl (C=O) groups excluding carboxylic acids is 1. The molecule has 1 fully saturated rings. The van der Waals surface area contributed by atoms with Crippen molar-refractivity contribution in [2.45, 2.75) is 19.3 Å². The predicted octanol–water partition coefficient (Wildman–Crippen LogP) is 2.08. The van der Waals surface area contributed by atoms with Crippen molar-refractivity contribution in [3.05, 3.63) is 35.4 Å². The molecule has 1 aliphatic rings. The standard InChI is InChI=1S/C13H15F2NO/c14-12-2-1-3-13(15)11(12)6-10(17)8-16-7-9-4-5-9/h1-3,9,16H,4-8H2. The molecule has 0 bridgehead atoms. The first-order chi connectivity index (χ1) is 8.16. The fourth-order valence-electron chi connectivity index (χ4n) is 1.70. The number of carbonyl (C=O) groups is 1. The SMILES string of the molecule is O=C(CNCC1CC1)Cc1c(F)cccc1F. The summed E-state index contributed by atoms with van der Waals surface area (Å²) in [5.74, 6) is -0.802. The molecule has 0 spiro atoms. The summed E-state index contributed by atoms with van der Waals surface area (Å²) in [4.78, 5) is 11.5. The lowest BCUT2D eigenvalue weighted by molar-refractivity contribution is -0.117. The number of benzene rings is 1. The lowest BCUT2D eigenvalue weighted by Gasteiger charge is -2.05. The van der Waals surface area contributed by atoms with E-state index in [1.807, 2.05) is 0 Å². The molecule has 0 aromatic heterocycles. The van der Waals surface area contributed by atoms with Gasteiger partial charge >= 0.3 is 0 Å². The van der Waals surface area contributed by atoms with Crippen LogP contribution < -0.4 is 5.32 Å². The van der Waals surface area contributed by atoms with Crippen LogP contribution in [0.25, 0.3) is 0 Å². The average molecular weight is 239 g/mol. The third-order valence-electron chi connectivity index (χ3n) is 2.89. The minimum absolute atomic E-state index is 0.134. The third-order valence-corrected chi connectivity index (χ3v) is 2.89. The van der Waals surface area contributed by atoms with Crippen LogP contribution in [0, 0.1) is 17.6 Å². The van der Waals surface area contributed by atoms with Gasteiger partial charge in [-0.2, -0.15) is 0 Å². The summed E-state index contributed by atoms with van der Waals surface area (Å²) in [5.41, 5.74) is -0.134. The topological polar surface area (TPSA) is 29.1 Å². The van der Waals surface area contributed by atoms with E-state index in [0.29, 0.717) is 5.92 Å². The normalized spacial score (nSPS) is 14.9. The van der Waals surface area contributed by atoms with E-state index in [9.17, 15) is 13.6 Å². The Balaban J connectivity index is 1.84. The molecule has 4 heteroatoms. The molecule has 1 aliphatic carbocycles. The molecule has 0 unspecified atom stereocenters. The lowest BCUT2D eigenvalue weighted by Crippen LogP contribution is -2.26. The van der Waals surface area contributed by atoms with Crippen LogP contribution in [0.2, 0.25) is 0 Å². The van der Waals surface area contributed by atoms with Gasteiger partial charge in [-0.3, -0.25) is 4.79 Å². The van der Waals surface area contributed by atoms with Crippen molar-refractivity contribution in [1.29, 1.82) is 0 Å². The van der Waals surface area contributed by atoms with Gasteiger partial charge in [0.2, 0.25) is 0 Å². The first-order valence-corrected chi connectivity index (χ1v) is 5.82. The molecule has 0 amide bonds. The zero-order valence-corrected chi connectivity index (χ0v) is 9.51. The Kier molecular flexibility index (Phi) is 3.84. The Labute approximate surface area is 99.0 Å². The largest absolute Gasteiger partial charge is 0.310 e. The monoisotopic (exact) mass is 239 g/mol. The molecule has 0 radical (unpaired) electrons. The first kappa shape index (κ1) is 12.2. The van der Waals surface area contributed by atoms with Gasteiger partial charge in [-0.15, -0.1) is 0 Å². The van der Waals surface area contributed by atoms with E-state index in [2.05, 4.69) is 5.32 Å². The summed E-state index contributed by atoms with van der Waals surface area (Å²) in [5, 5.41) is 3.01. The van der Waals surface area contributed by atoms with E-state index in [4.69, 9.17) is 0 Å². The van der Waals surface area contributed by atoms with E-state index in [1.165, 1.54) is 31.0 Å². The number of Topliss-reactive ketones (excluding diaryl/α,β-unsaturated/α-hetero) is 1. The Hall–Kier alpha value is -1.29. The second-order valence-electron chi connectivity index (χ2n) is 4.49. The quantitative estimate of drug-likeness (QED) is 0.823. The van der Waals surface area contributed by atoms with Crippen molar-refractivity contribution in [3.8, 4) is 0 Å². The Bertz CT molecular complexity index is 396. The van der Waals surface area contributed by atoms with Crippen LogP contribution in [0.5, 0.6) is 0 Å². The molecule has 2 rings (SSSR count). The van der Waals surface area contributed by atoms with Crippen molar-refractivity contribution < 1.29 is 13.6 Å². The van der Waals surface area contributed by atoms with Crippen LogP contribution in [0.3, 0.4) is 0 Å². The van der Waals surface area contributed by atoms with Crippen LogP contribution in [0.15, 0.2) is 18.2 Å². The summed E-state index contributed by atoms with van der Waals surface area (Å²) in [7, 11) is 0. The van der Waals surface area contributed by atoms with Crippen LogP contribution in [0.1, 0.15) is 18.4 Å². The van der Waals surface area contributed by atoms with Crippen molar-refractivity contribution in [2.24, 2.45) is 5.92 Å². The number of hydrogen-bond donors (Lipinski definition) is 1. The molecule has 2 nitrogen and oxygen atoms in total. The maximum Gasteiger partial charge on any atom is 0.151 e. The predicted molar refractivity (Wildman–Crippen MR) is 60.7 cm³/mol. The number of rotatable bonds is 6. The van der Waals surface area contributed by atoms with Gasteiger partial charge in [0.1, 0.15) is 11.6 Å². The highest BCUT2D eigenvalue weighted by Crippen LogP contribution is 2.27. The summed E-state index contributed by atoms with van der Waals surface area (Å²) in [6.07, 6.45) is 2.24. The highest BCUT2D eigenvalue weighted by molar-refractivity contribution is 5.82. The third kappa shape index (κ3) is 3.60. The average Bonchev–Trinajstić information content (AvgIpc) is 3.08. The molecule has 0 heterocycles. The van der Waals surface area contributed by atoms with Gasteiger partial charge in [0.05, 0.1) is 6.54 Å². The summed E-state index contributed by atoms with van der Waals surface area (Å²) >= 11 is 0. The first-order valence-electron chi connectivity index (χ1n) is 5.82. The molecule has 0 aliphatic heterocycles. The molecule has 1 saturated carbocycles. The molecule has 0 saturated heterocycles. The van der Waals surface area contributed by atoms with Crippen molar-refractivity contribution in [1.82, 2.24) is 5.32 Å². The van der Waals surface area contributed by atoms with Gasteiger partial charge in [0.15, 0.2) is 5.78 Å². The van der Waals surface area contributed by atoms with Gasteiger partial charge in [-0.25, -0.2) is 8.78 Å². The highest BCUT2D eigenvalue weighted by Gasteiger charge is 2.21. The van der Waals surface area contributed by atoms with Crippen LogP contribution in [-0.4, -0.2) is 18.9 Å². The highest BCUT2D eigenvalue weighted by atomic mass is 19.1. The van der Waals surface area contributed by atoms with Crippen molar-refractivity contribution in [2.75, 3.05) is 13.1 Å².